The number of hydrogen-bond acceptors (Lipinski definition) is 5. The Hall–Kier alpha value is -0.400. The molecule has 4 atom stereocenters. The number of rotatable bonds is 6. The van der Waals surface area contributed by atoms with Gasteiger partial charge in [0.1, 0.15) is 24.9 Å². The standard InChI is InChI=1S/C16H27NO5.ClH/c1-10-15(21-7-12-4-5-12)14(20-6-11-2-3-11)9-19-8-13(17)16(18)22-10;/h10-15H,2-9,17H2,1H3;1H/t10-,13-,14-,15-;/m0./s1. The minimum atomic E-state index is -0.492. The van der Waals surface area contributed by atoms with Crippen LogP contribution in [-0.4, -0.2) is 56.8 Å². The lowest BCUT2D eigenvalue weighted by Gasteiger charge is -2.30. The number of hydrogen-bond donors (Lipinski definition) is 1. The van der Waals surface area contributed by atoms with Crippen LogP contribution in [0.2, 0.25) is 0 Å². The topological polar surface area (TPSA) is 81.6 Å². The molecule has 2 saturated carbocycles. The van der Waals surface area contributed by atoms with Crippen molar-refractivity contribution in [3.8, 4) is 0 Å². The molecule has 1 aliphatic heterocycles. The molecule has 6 nitrogen and oxygen atoms in total. The molecular formula is C16H28ClNO5. The first-order valence-electron chi connectivity index (χ1n) is 8.48. The van der Waals surface area contributed by atoms with Crippen LogP contribution in [0.5, 0.6) is 0 Å². The molecular weight excluding hydrogens is 322 g/mol. The minimum absolute atomic E-state index is 0. The Labute approximate surface area is 143 Å². The van der Waals surface area contributed by atoms with Gasteiger partial charge in [-0.2, -0.15) is 0 Å². The Morgan fingerprint density at radius 1 is 1.09 bits per heavy atom. The number of carbonyl (C=O) groups excluding carboxylic acids is 1. The molecule has 0 bridgehead atoms. The van der Waals surface area contributed by atoms with Crippen molar-refractivity contribution in [1.29, 1.82) is 0 Å². The van der Waals surface area contributed by atoms with Gasteiger partial charge in [0.2, 0.25) is 6.04 Å². The van der Waals surface area contributed by atoms with Gasteiger partial charge in [0.15, 0.2) is 0 Å². The van der Waals surface area contributed by atoms with E-state index < -0.39 is 6.04 Å². The van der Waals surface area contributed by atoms with E-state index in [9.17, 15) is 4.79 Å². The van der Waals surface area contributed by atoms with Crippen molar-refractivity contribution in [2.24, 2.45) is 11.8 Å². The lowest BCUT2D eigenvalue weighted by Crippen LogP contribution is -3.00. The van der Waals surface area contributed by atoms with E-state index in [-0.39, 0.29) is 43.3 Å². The summed E-state index contributed by atoms with van der Waals surface area (Å²) in [5.41, 5.74) is 3.79. The van der Waals surface area contributed by atoms with E-state index in [1.54, 1.807) is 0 Å². The largest absolute Gasteiger partial charge is 1.00 e. The Morgan fingerprint density at radius 3 is 2.30 bits per heavy atom. The monoisotopic (exact) mass is 349 g/mol. The van der Waals surface area contributed by atoms with E-state index >= 15 is 0 Å². The third-order valence-corrected chi connectivity index (χ3v) is 4.53. The molecule has 0 radical (unpaired) electrons. The molecule has 2 aliphatic carbocycles. The van der Waals surface area contributed by atoms with Crippen LogP contribution in [0.15, 0.2) is 0 Å². The summed E-state index contributed by atoms with van der Waals surface area (Å²) in [7, 11) is 0. The number of cyclic esters (lactones) is 1. The quantitative estimate of drug-likeness (QED) is 0.522. The fourth-order valence-corrected chi connectivity index (χ4v) is 2.60. The van der Waals surface area contributed by atoms with Crippen molar-refractivity contribution in [1.82, 2.24) is 0 Å². The molecule has 0 unspecified atom stereocenters. The normalized spacial score (nSPS) is 35.5. The van der Waals surface area contributed by atoms with E-state index in [0.717, 1.165) is 6.61 Å². The predicted molar refractivity (Wildman–Crippen MR) is 78.0 cm³/mol. The van der Waals surface area contributed by atoms with Crippen LogP contribution in [0, 0.1) is 11.8 Å². The molecule has 0 aromatic heterocycles. The zero-order chi connectivity index (χ0) is 15.5. The van der Waals surface area contributed by atoms with Crippen molar-refractivity contribution in [2.75, 3.05) is 26.4 Å². The third-order valence-electron chi connectivity index (χ3n) is 4.53. The maximum absolute atomic E-state index is 11.9. The van der Waals surface area contributed by atoms with Crippen molar-refractivity contribution >= 4 is 5.97 Å². The van der Waals surface area contributed by atoms with E-state index in [2.05, 4.69) is 5.73 Å². The van der Waals surface area contributed by atoms with Gasteiger partial charge in [-0.1, -0.05) is 0 Å². The van der Waals surface area contributed by atoms with Crippen LogP contribution in [0.1, 0.15) is 32.6 Å². The van der Waals surface area contributed by atoms with Crippen molar-refractivity contribution in [3.05, 3.63) is 0 Å². The van der Waals surface area contributed by atoms with Crippen LogP contribution in [0.25, 0.3) is 0 Å². The lowest BCUT2D eigenvalue weighted by molar-refractivity contribution is -0.415. The van der Waals surface area contributed by atoms with Crippen molar-refractivity contribution < 1.29 is 41.9 Å². The minimum Gasteiger partial charge on any atom is -1.00 e. The van der Waals surface area contributed by atoms with Crippen molar-refractivity contribution in [3.63, 3.8) is 0 Å². The molecule has 3 rings (SSSR count). The Balaban J connectivity index is 0.00000192. The molecule has 134 valence electrons. The number of esters is 1. The predicted octanol–water partition coefficient (Wildman–Crippen LogP) is -2.85. The van der Waals surface area contributed by atoms with Gasteiger partial charge in [0, 0.05) is 0 Å². The van der Waals surface area contributed by atoms with Gasteiger partial charge >= 0.3 is 5.97 Å². The van der Waals surface area contributed by atoms with E-state index in [1.807, 2.05) is 6.92 Å². The summed E-state index contributed by atoms with van der Waals surface area (Å²) in [6.45, 7) is 4.02. The van der Waals surface area contributed by atoms with Crippen LogP contribution >= 0.6 is 0 Å². The number of carbonyl (C=O) groups is 1. The number of ether oxygens (including phenoxy) is 4. The highest BCUT2D eigenvalue weighted by Gasteiger charge is 2.37. The zero-order valence-electron chi connectivity index (χ0n) is 13.7. The lowest BCUT2D eigenvalue weighted by atomic mass is 10.1. The summed E-state index contributed by atoms with van der Waals surface area (Å²) in [5, 5.41) is 0. The fourth-order valence-electron chi connectivity index (χ4n) is 2.60. The molecule has 0 amide bonds. The summed E-state index contributed by atoms with van der Waals surface area (Å²) in [5.74, 6) is 1.01. The van der Waals surface area contributed by atoms with E-state index in [4.69, 9.17) is 18.9 Å². The first-order chi connectivity index (χ1) is 10.6. The maximum atomic E-state index is 11.9. The summed E-state index contributed by atoms with van der Waals surface area (Å²) >= 11 is 0. The second kappa shape index (κ2) is 8.62. The van der Waals surface area contributed by atoms with Crippen LogP contribution in [0.3, 0.4) is 0 Å². The number of quaternary nitrogens is 1. The fraction of sp³-hybridized carbons (Fsp3) is 0.938. The summed E-state index contributed by atoms with van der Waals surface area (Å²) in [4.78, 5) is 11.9. The first-order valence-corrected chi connectivity index (χ1v) is 8.48. The van der Waals surface area contributed by atoms with E-state index in [1.165, 1.54) is 25.7 Å². The highest BCUT2D eigenvalue weighted by atomic mass is 35.5. The third kappa shape index (κ3) is 5.87. The molecule has 3 fully saturated rings. The Kier molecular flexibility index (Phi) is 7.10. The van der Waals surface area contributed by atoms with Crippen molar-refractivity contribution in [2.45, 2.75) is 57.0 Å². The molecule has 1 heterocycles. The smallest absolute Gasteiger partial charge is 0.367 e. The van der Waals surface area contributed by atoms with E-state index in [0.29, 0.717) is 25.0 Å². The highest BCUT2D eigenvalue weighted by molar-refractivity contribution is 5.74. The highest BCUT2D eigenvalue weighted by Crippen LogP contribution is 2.32. The molecule has 0 aromatic rings. The Morgan fingerprint density at radius 2 is 1.70 bits per heavy atom. The molecule has 23 heavy (non-hydrogen) atoms. The van der Waals surface area contributed by atoms with Gasteiger partial charge < -0.3 is 37.1 Å². The summed E-state index contributed by atoms with van der Waals surface area (Å²) in [6.07, 6.45) is 4.14. The van der Waals surface area contributed by atoms with Gasteiger partial charge in [-0.25, -0.2) is 4.79 Å². The van der Waals surface area contributed by atoms with Gasteiger partial charge in [-0.15, -0.1) is 0 Å². The van der Waals surface area contributed by atoms with Gasteiger partial charge in [0.05, 0.1) is 19.8 Å². The van der Waals surface area contributed by atoms with Crippen LogP contribution < -0.4 is 18.1 Å². The van der Waals surface area contributed by atoms with Crippen LogP contribution in [-0.2, 0) is 23.7 Å². The number of halogens is 1. The molecule has 3 aliphatic rings. The second-order valence-corrected chi connectivity index (χ2v) is 6.93. The summed E-state index contributed by atoms with van der Waals surface area (Å²) in [6, 6.07) is -0.492. The molecule has 0 aromatic carbocycles. The maximum Gasteiger partial charge on any atom is 0.367 e. The Bertz CT molecular complexity index is 389. The van der Waals surface area contributed by atoms with Crippen LogP contribution in [0.4, 0.5) is 0 Å². The zero-order valence-corrected chi connectivity index (χ0v) is 14.5. The second-order valence-electron chi connectivity index (χ2n) is 6.93. The molecule has 1 saturated heterocycles. The van der Waals surface area contributed by atoms with Gasteiger partial charge in [0.25, 0.3) is 0 Å². The average Bonchev–Trinajstić information content (AvgIpc) is 3.36. The summed E-state index contributed by atoms with van der Waals surface area (Å²) < 4.78 is 23.2. The SMILES string of the molecule is C[C@@H]1OC(=O)[C@@H]([NH3+])COC[C@H](OCC2CC2)[C@H]1OCC1CC1.[Cl-]. The van der Waals surface area contributed by atoms with Gasteiger partial charge in [-0.05, 0) is 44.4 Å². The molecule has 0 spiro atoms. The molecule has 3 N–H and O–H groups in total. The first kappa shape index (κ1) is 18.9. The van der Waals surface area contributed by atoms with Gasteiger partial charge in [-0.3, -0.25) is 0 Å². The molecule has 7 heteroatoms. The average molecular weight is 350 g/mol.